The average molecular weight is 228 g/mol. The maximum absolute atomic E-state index is 11.6. The second-order valence-corrected chi connectivity index (χ2v) is 3.82. The van der Waals surface area contributed by atoms with Gasteiger partial charge in [-0.1, -0.05) is 0 Å². The second-order valence-electron chi connectivity index (χ2n) is 3.82. The molecule has 5 nitrogen and oxygen atoms in total. The van der Waals surface area contributed by atoms with Crippen LogP contribution in [0.3, 0.4) is 0 Å². The van der Waals surface area contributed by atoms with Crippen LogP contribution in [-0.4, -0.2) is 49.1 Å². The van der Waals surface area contributed by atoms with Gasteiger partial charge in [0.1, 0.15) is 6.04 Å². The summed E-state index contributed by atoms with van der Waals surface area (Å²) in [6.07, 6.45) is 1.79. The van der Waals surface area contributed by atoms with E-state index in [0.717, 1.165) is 19.4 Å². The van der Waals surface area contributed by atoms with Crippen LogP contribution in [0, 0.1) is 0 Å². The van der Waals surface area contributed by atoms with E-state index < -0.39 is 0 Å². The fourth-order valence-corrected chi connectivity index (χ4v) is 1.79. The van der Waals surface area contributed by atoms with E-state index in [1.807, 2.05) is 13.8 Å². The van der Waals surface area contributed by atoms with Crippen LogP contribution in [0.5, 0.6) is 0 Å². The quantitative estimate of drug-likeness (QED) is 0.680. The van der Waals surface area contributed by atoms with Crippen molar-refractivity contribution in [1.29, 1.82) is 0 Å². The Morgan fingerprint density at radius 3 is 2.56 bits per heavy atom. The molecule has 1 saturated heterocycles. The van der Waals surface area contributed by atoms with Gasteiger partial charge >= 0.3 is 5.97 Å². The molecule has 0 bridgehead atoms. The number of carbonyl (C=O) groups is 2. The number of hydrogen-bond acceptors (Lipinski definition) is 4. The van der Waals surface area contributed by atoms with E-state index in [-0.39, 0.29) is 24.5 Å². The van der Waals surface area contributed by atoms with Crippen molar-refractivity contribution in [2.75, 3.05) is 26.2 Å². The first-order chi connectivity index (χ1) is 7.69. The van der Waals surface area contributed by atoms with Crippen LogP contribution in [0.4, 0.5) is 0 Å². The van der Waals surface area contributed by atoms with Crippen LogP contribution in [0.25, 0.3) is 0 Å². The van der Waals surface area contributed by atoms with E-state index in [1.54, 1.807) is 4.90 Å². The first-order valence-electron chi connectivity index (χ1n) is 5.86. The molecule has 0 spiro atoms. The largest absolute Gasteiger partial charge is 0.454 e. The van der Waals surface area contributed by atoms with E-state index >= 15 is 0 Å². The highest BCUT2D eigenvalue weighted by Crippen LogP contribution is 2.06. The molecule has 1 heterocycles. The molecule has 0 saturated carbocycles. The molecule has 16 heavy (non-hydrogen) atoms. The molecular formula is C11H20N2O3. The van der Waals surface area contributed by atoms with Crippen molar-refractivity contribution in [1.82, 2.24) is 10.2 Å². The van der Waals surface area contributed by atoms with Crippen LogP contribution >= 0.6 is 0 Å². The lowest BCUT2D eigenvalue weighted by molar-refractivity contribution is -0.153. The predicted octanol–water partition coefficient (Wildman–Crippen LogP) is 0.150. The van der Waals surface area contributed by atoms with Gasteiger partial charge in [-0.25, -0.2) is 0 Å². The minimum atomic E-state index is -0.307. The van der Waals surface area contributed by atoms with Crippen molar-refractivity contribution in [3.63, 3.8) is 0 Å². The van der Waals surface area contributed by atoms with Gasteiger partial charge in [-0.3, -0.25) is 9.59 Å². The Bertz CT molecular complexity index is 232. The molecule has 1 aliphatic heterocycles. The summed E-state index contributed by atoms with van der Waals surface area (Å²) in [5.74, 6) is -0.436. The molecular weight excluding hydrogens is 208 g/mol. The Hall–Kier alpha value is -1.10. The Labute approximate surface area is 96.1 Å². The normalized spacial score (nSPS) is 19.5. The average Bonchev–Trinajstić information content (AvgIpc) is 2.81. The Kier molecular flexibility index (Phi) is 5.25. The lowest BCUT2D eigenvalue weighted by atomic mass is 10.2. The van der Waals surface area contributed by atoms with Gasteiger partial charge in [0.05, 0.1) is 0 Å². The van der Waals surface area contributed by atoms with E-state index in [2.05, 4.69) is 5.32 Å². The molecule has 1 fully saturated rings. The molecule has 0 radical (unpaired) electrons. The number of esters is 1. The van der Waals surface area contributed by atoms with Gasteiger partial charge in [0, 0.05) is 13.1 Å². The lowest BCUT2D eigenvalue weighted by Crippen LogP contribution is -2.38. The standard InChI is InChI=1S/C11H20N2O3/c1-3-13(4-2)10(14)8-16-11(15)9-6-5-7-12-9/h9,12H,3-8H2,1-2H3. The van der Waals surface area contributed by atoms with Gasteiger partial charge in [0.25, 0.3) is 5.91 Å². The summed E-state index contributed by atoms with van der Waals surface area (Å²) >= 11 is 0. The topological polar surface area (TPSA) is 58.6 Å². The summed E-state index contributed by atoms with van der Waals surface area (Å²) in [7, 11) is 0. The molecule has 0 aromatic heterocycles. The second kappa shape index (κ2) is 6.48. The number of ether oxygens (including phenoxy) is 1. The van der Waals surface area contributed by atoms with Crippen molar-refractivity contribution in [3.05, 3.63) is 0 Å². The molecule has 0 aromatic carbocycles. The number of carbonyl (C=O) groups excluding carboxylic acids is 2. The van der Waals surface area contributed by atoms with Crippen molar-refractivity contribution >= 4 is 11.9 Å². The molecule has 1 atom stereocenters. The molecule has 1 aliphatic rings. The number of hydrogen-bond donors (Lipinski definition) is 1. The maximum Gasteiger partial charge on any atom is 0.323 e. The molecule has 1 N–H and O–H groups in total. The zero-order valence-corrected chi connectivity index (χ0v) is 9.99. The fraction of sp³-hybridized carbons (Fsp3) is 0.818. The fourth-order valence-electron chi connectivity index (χ4n) is 1.79. The summed E-state index contributed by atoms with van der Waals surface area (Å²) in [6, 6.07) is -0.218. The third-order valence-electron chi connectivity index (χ3n) is 2.80. The predicted molar refractivity (Wildman–Crippen MR) is 59.9 cm³/mol. The molecule has 0 aliphatic carbocycles. The SMILES string of the molecule is CCN(CC)C(=O)COC(=O)C1CCCN1. The van der Waals surface area contributed by atoms with Gasteiger partial charge in [0.2, 0.25) is 0 Å². The molecule has 1 rings (SSSR count). The maximum atomic E-state index is 11.6. The van der Waals surface area contributed by atoms with Crippen molar-refractivity contribution in [2.45, 2.75) is 32.7 Å². The Morgan fingerprint density at radius 2 is 2.06 bits per heavy atom. The molecule has 92 valence electrons. The van der Waals surface area contributed by atoms with Crippen molar-refractivity contribution in [2.24, 2.45) is 0 Å². The van der Waals surface area contributed by atoms with Crippen LogP contribution < -0.4 is 5.32 Å². The van der Waals surface area contributed by atoms with Gasteiger partial charge in [-0.05, 0) is 33.2 Å². The van der Waals surface area contributed by atoms with E-state index in [9.17, 15) is 9.59 Å². The molecule has 0 aromatic rings. The van der Waals surface area contributed by atoms with Crippen LogP contribution in [0.1, 0.15) is 26.7 Å². The van der Waals surface area contributed by atoms with E-state index in [0.29, 0.717) is 13.1 Å². The smallest absolute Gasteiger partial charge is 0.323 e. The number of likely N-dealkylation sites (N-methyl/N-ethyl adjacent to an activating group) is 1. The Morgan fingerprint density at radius 1 is 1.38 bits per heavy atom. The summed E-state index contributed by atoms with van der Waals surface area (Å²) in [6.45, 7) is 5.81. The summed E-state index contributed by atoms with van der Waals surface area (Å²) in [5, 5.41) is 3.04. The van der Waals surface area contributed by atoms with Gasteiger partial charge in [0.15, 0.2) is 6.61 Å². The molecule has 1 unspecified atom stereocenters. The Balaban J connectivity index is 2.27. The highest BCUT2D eigenvalue weighted by atomic mass is 16.5. The minimum absolute atomic E-state index is 0.128. The third kappa shape index (κ3) is 3.48. The third-order valence-corrected chi connectivity index (χ3v) is 2.80. The first-order valence-corrected chi connectivity index (χ1v) is 5.86. The first kappa shape index (κ1) is 13.0. The van der Waals surface area contributed by atoms with E-state index in [4.69, 9.17) is 4.74 Å². The number of nitrogens with zero attached hydrogens (tertiary/aromatic N) is 1. The lowest BCUT2D eigenvalue weighted by Gasteiger charge is -2.18. The molecule has 5 heteroatoms. The zero-order chi connectivity index (χ0) is 12.0. The summed E-state index contributed by atoms with van der Waals surface area (Å²) in [5.41, 5.74) is 0. The number of nitrogens with one attached hydrogen (secondary N) is 1. The highest BCUT2D eigenvalue weighted by Gasteiger charge is 2.24. The van der Waals surface area contributed by atoms with E-state index in [1.165, 1.54) is 0 Å². The summed E-state index contributed by atoms with van der Waals surface area (Å²) in [4.78, 5) is 24.7. The summed E-state index contributed by atoms with van der Waals surface area (Å²) < 4.78 is 4.98. The zero-order valence-electron chi connectivity index (χ0n) is 9.99. The van der Waals surface area contributed by atoms with Crippen molar-refractivity contribution in [3.8, 4) is 0 Å². The molecule has 1 amide bonds. The highest BCUT2D eigenvalue weighted by molar-refractivity contribution is 5.82. The van der Waals surface area contributed by atoms with Gasteiger partial charge in [-0.15, -0.1) is 0 Å². The van der Waals surface area contributed by atoms with Gasteiger partial charge in [-0.2, -0.15) is 0 Å². The van der Waals surface area contributed by atoms with Crippen molar-refractivity contribution < 1.29 is 14.3 Å². The van der Waals surface area contributed by atoms with Gasteiger partial charge < -0.3 is 15.0 Å². The van der Waals surface area contributed by atoms with Crippen LogP contribution in [-0.2, 0) is 14.3 Å². The van der Waals surface area contributed by atoms with Crippen LogP contribution in [0.2, 0.25) is 0 Å². The number of rotatable bonds is 5. The minimum Gasteiger partial charge on any atom is -0.454 e. The monoisotopic (exact) mass is 228 g/mol. The van der Waals surface area contributed by atoms with Crippen LogP contribution in [0.15, 0.2) is 0 Å². The number of amides is 1.